The van der Waals surface area contributed by atoms with E-state index in [-0.39, 0.29) is 7.43 Å². The van der Waals surface area contributed by atoms with Gasteiger partial charge in [0.1, 0.15) is 0 Å². The van der Waals surface area contributed by atoms with Crippen LogP contribution in [0.1, 0.15) is 31.2 Å². The smallest absolute Gasteiger partial charge is 0.200 e. The molecule has 0 aromatic heterocycles. The molecule has 1 N–H and O–H groups in total. The molecule has 4 nitrogen and oxygen atoms in total. The van der Waals surface area contributed by atoms with E-state index in [1.807, 2.05) is 17.3 Å². The maximum atomic E-state index is 13.5. The molecule has 1 saturated carbocycles. The first-order chi connectivity index (χ1) is 11.6. The molecule has 0 aliphatic heterocycles. The summed E-state index contributed by atoms with van der Waals surface area (Å²) in [4.78, 5) is 0. The van der Waals surface area contributed by atoms with Crippen LogP contribution in [0, 0.1) is 36.5 Å². The second kappa shape index (κ2) is 10.9. The maximum Gasteiger partial charge on any atom is 0.200 e. The minimum Gasteiger partial charge on any atom is -0.676 e. The van der Waals surface area contributed by atoms with Crippen molar-refractivity contribution in [3.63, 3.8) is 0 Å². The van der Waals surface area contributed by atoms with Crippen molar-refractivity contribution < 1.29 is 47.7 Å². The Balaban J connectivity index is 0.00000201. The molecule has 1 fully saturated rings. The van der Waals surface area contributed by atoms with E-state index in [0.717, 1.165) is 6.42 Å². The molecule has 150 valence electrons. The van der Waals surface area contributed by atoms with Crippen molar-refractivity contribution >= 4 is 19.7 Å². The number of nitrogens with zero attached hydrogens (tertiary/aromatic N) is 1. The Kier molecular flexibility index (Phi) is 10.7. The molecule has 1 aromatic rings. The van der Waals surface area contributed by atoms with E-state index in [0.29, 0.717) is 19.3 Å². The topological polar surface area (TPSA) is 72.0 Å². The van der Waals surface area contributed by atoms with Gasteiger partial charge in [-0.15, -0.1) is 6.04 Å². The van der Waals surface area contributed by atoms with E-state index in [4.69, 9.17) is 5.73 Å². The fourth-order valence-corrected chi connectivity index (χ4v) is 3.80. The summed E-state index contributed by atoms with van der Waals surface area (Å²) in [6.45, 7) is 0. The van der Waals surface area contributed by atoms with Crippen molar-refractivity contribution in [2.24, 2.45) is 0 Å². The van der Waals surface area contributed by atoms with Crippen LogP contribution in [-0.2, 0) is 33.1 Å². The van der Waals surface area contributed by atoms with E-state index >= 15 is 0 Å². The van der Waals surface area contributed by atoms with Crippen molar-refractivity contribution in [2.75, 3.05) is 0 Å². The van der Waals surface area contributed by atoms with E-state index in [1.54, 1.807) is 0 Å². The molecule has 2 rings (SSSR count). The van der Waals surface area contributed by atoms with Crippen molar-refractivity contribution in [1.82, 2.24) is 0 Å². The van der Waals surface area contributed by atoms with E-state index < -0.39 is 62.5 Å². The molecule has 0 bridgehead atoms. The minimum atomic E-state index is -4.49. The molecule has 2 unspecified atom stereocenters. The molecule has 1 aromatic carbocycles. The monoisotopic (exact) mass is 508 g/mol. The Morgan fingerprint density at radius 3 is 1.85 bits per heavy atom. The summed E-state index contributed by atoms with van der Waals surface area (Å²) >= 11 is 1.82. The molecule has 1 aliphatic carbocycles. The molecular formula is C14H16ClF5N2O2RuS. The summed E-state index contributed by atoms with van der Waals surface area (Å²) < 4.78 is 93.4. The standard InChI is InChI=1S/C13H13F5N2O2S.CH3.ClH.Ru/c14-9-6(10(15)12(17)13(18)11(9)16)5-23(21,22)20-8-4-2-1-3-7(8)19;;;/h7-8,19H,1-5H2;1H3;1H;/q-2;-1;;+4/p-1. The third kappa shape index (κ3) is 6.09. The van der Waals surface area contributed by atoms with Crippen molar-refractivity contribution in [3.05, 3.63) is 52.5 Å². The molecule has 26 heavy (non-hydrogen) atoms. The Morgan fingerprint density at radius 2 is 1.38 bits per heavy atom. The Hall–Kier alpha value is -0.347. The van der Waals surface area contributed by atoms with Gasteiger partial charge in [-0.25, -0.2) is 30.4 Å². The predicted octanol–water partition coefficient (Wildman–Crippen LogP) is 5.09. The Morgan fingerprint density at radius 1 is 0.962 bits per heavy atom. The summed E-state index contributed by atoms with van der Waals surface area (Å²) in [5.74, 6) is -12.6. The van der Waals surface area contributed by atoms with Gasteiger partial charge in [-0.05, 0) is 0 Å². The van der Waals surface area contributed by atoms with Gasteiger partial charge in [-0.1, -0.05) is 25.7 Å². The summed E-state index contributed by atoms with van der Waals surface area (Å²) in [5, 5.41) is 0. The molecule has 0 radical (unpaired) electrons. The third-order valence-electron chi connectivity index (χ3n) is 3.65. The molecular weight excluding hydrogens is 492 g/mol. The van der Waals surface area contributed by atoms with Crippen LogP contribution in [0.15, 0.2) is 0 Å². The summed E-state index contributed by atoms with van der Waals surface area (Å²) in [5.41, 5.74) is 6.25. The summed E-state index contributed by atoms with van der Waals surface area (Å²) in [6.07, 6.45) is 2.16. The number of rotatable bonds is 4. The quantitative estimate of drug-likeness (QED) is 0.187. The fraction of sp³-hybridized carbons (Fsp3) is 0.500. The van der Waals surface area contributed by atoms with E-state index in [2.05, 4.69) is 14.4 Å². The largest absolute Gasteiger partial charge is 0.676 e. The SMILES string of the molecule is [CH3-].[Cl][Ru+3].[NH-]C1CCCCC1[N-]S(=O)(=O)Cc1c(F)c(F)c(F)c(F)c1F. The summed E-state index contributed by atoms with van der Waals surface area (Å²) in [7, 11) is 0.0796. The number of hydrogen-bond acceptors (Lipinski definition) is 2. The average molecular weight is 508 g/mol. The van der Waals surface area contributed by atoms with Gasteiger partial charge in [-0.3, -0.25) is 0 Å². The van der Waals surface area contributed by atoms with Crippen LogP contribution in [0.3, 0.4) is 0 Å². The van der Waals surface area contributed by atoms with Crippen molar-refractivity contribution in [1.29, 1.82) is 0 Å². The number of hydrogen-bond donors (Lipinski definition) is 0. The zero-order valence-electron chi connectivity index (χ0n) is 13.5. The third-order valence-corrected chi connectivity index (χ3v) is 4.90. The Labute approximate surface area is 163 Å². The van der Waals surface area contributed by atoms with Crippen molar-refractivity contribution in [3.8, 4) is 0 Å². The van der Waals surface area contributed by atoms with Crippen LogP contribution in [0.4, 0.5) is 22.0 Å². The van der Waals surface area contributed by atoms with Crippen LogP contribution >= 0.6 is 9.69 Å². The zero-order chi connectivity index (χ0) is 19.4. The summed E-state index contributed by atoms with van der Waals surface area (Å²) in [6, 6.07) is -1.63. The molecule has 0 heterocycles. The zero-order valence-corrected chi connectivity index (χ0v) is 16.8. The van der Waals surface area contributed by atoms with E-state index in [1.165, 1.54) is 0 Å². The first-order valence-corrected chi connectivity index (χ1v) is 10.8. The molecule has 2 atom stereocenters. The first kappa shape index (κ1) is 25.7. The number of halogens is 6. The van der Waals surface area contributed by atoms with Gasteiger partial charge in [0, 0.05) is 5.56 Å². The van der Waals surface area contributed by atoms with Gasteiger partial charge in [0.05, 0.1) is 15.8 Å². The number of sulfonamides is 1. The van der Waals surface area contributed by atoms with Gasteiger partial charge >= 0.3 is 27.0 Å². The molecule has 12 heteroatoms. The van der Waals surface area contributed by atoms with Gasteiger partial charge < -0.3 is 17.9 Å². The molecule has 0 spiro atoms. The second-order valence-electron chi connectivity index (χ2n) is 5.34. The van der Waals surface area contributed by atoms with Crippen LogP contribution in [-0.4, -0.2) is 20.5 Å². The van der Waals surface area contributed by atoms with Crippen LogP contribution in [0.2, 0.25) is 0 Å². The fourth-order valence-electron chi connectivity index (χ4n) is 2.44. The van der Waals surface area contributed by atoms with Gasteiger partial charge in [0.25, 0.3) is 0 Å². The van der Waals surface area contributed by atoms with Gasteiger partial charge in [-0.2, -0.15) is 6.04 Å². The average Bonchev–Trinajstić information content (AvgIpc) is 2.59. The predicted molar refractivity (Wildman–Crippen MR) is 84.8 cm³/mol. The molecule has 1 aliphatic rings. The molecule has 0 amide bonds. The van der Waals surface area contributed by atoms with Gasteiger partial charge in [0.15, 0.2) is 23.3 Å². The normalized spacial score (nSPS) is 20.0. The van der Waals surface area contributed by atoms with Crippen molar-refractivity contribution in [2.45, 2.75) is 43.5 Å². The van der Waals surface area contributed by atoms with Crippen LogP contribution in [0.25, 0.3) is 10.5 Å². The second-order valence-corrected chi connectivity index (χ2v) is 7.00. The minimum absolute atomic E-state index is 0. The van der Waals surface area contributed by atoms with Crippen LogP contribution in [0.5, 0.6) is 0 Å². The Bertz CT molecular complexity index is 695. The van der Waals surface area contributed by atoms with Crippen LogP contribution < -0.4 is 0 Å². The van der Waals surface area contributed by atoms with E-state index in [9.17, 15) is 30.4 Å². The maximum absolute atomic E-state index is 13.5. The number of benzene rings is 1. The number of nitrogens with one attached hydrogen (secondary N) is 1. The molecule has 0 saturated heterocycles. The first-order valence-electron chi connectivity index (χ1n) is 6.93. The van der Waals surface area contributed by atoms with Gasteiger partial charge in [0.2, 0.25) is 5.82 Å².